The maximum absolute atomic E-state index is 15.9. The molecule has 0 aliphatic heterocycles. The fourth-order valence-corrected chi connectivity index (χ4v) is 15.0. The van der Waals surface area contributed by atoms with Crippen molar-refractivity contribution in [2.75, 3.05) is 19.7 Å². The van der Waals surface area contributed by atoms with E-state index in [0.717, 1.165) is 56.9 Å². The van der Waals surface area contributed by atoms with Gasteiger partial charge in [-0.1, -0.05) is 79.5 Å². The van der Waals surface area contributed by atoms with Gasteiger partial charge in [-0.3, -0.25) is 19.2 Å². The normalized spacial score (nSPS) is 38.7. The fourth-order valence-electron chi connectivity index (χ4n) is 14.8. The van der Waals surface area contributed by atoms with Crippen LogP contribution in [0.25, 0.3) is 0 Å². The summed E-state index contributed by atoms with van der Waals surface area (Å²) >= 11 is 5.96. The second-order valence-electron chi connectivity index (χ2n) is 22.3. The molecule has 6 aliphatic carbocycles. The number of carboxylic acid groups (broad SMARTS) is 1. The summed E-state index contributed by atoms with van der Waals surface area (Å²) in [5.41, 5.74) is 1.48. The molecule has 0 bridgehead atoms. The Hall–Kier alpha value is -2.82. The second-order valence-corrected chi connectivity index (χ2v) is 22.7. The summed E-state index contributed by atoms with van der Waals surface area (Å²) in [5.74, 6) is -3.60. The molecule has 332 valence electrons. The lowest BCUT2D eigenvalue weighted by Crippen LogP contribution is -2.66. The zero-order chi connectivity index (χ0) is 44.0. The van der Waals surface area contributed by atoms with Crippen molar-refractivity contribution in [1.29, 1.82) is 0 Å². The maximum Gasteiger partial charge on any atom is 0.309 e. The molecule has 7 rings (SSSR count). The summed E-state index contributed by atoms with van der Waals surface area (Å²) in [7, 11) is 0. The number of benzene rings is 1. The van der Waals surface area contributed by atoms with Crippen LogP contribution in [0.5, 0.6) is 0 Å². The molecule has 0 heterocycles. The molecule has 6 aliphatic rings. The number of allylic oxidation sites excluding steroid dienone is 2. The van der Waals surface area contributed by atoms with Crippen LogP contribution in [0.1, 0.15) is 143 Å². The number of esters is 1. The van der Waals surface area contributed by atoms with Gasteiger partial charge in [0.1, 0.15) is 6.10 Å². The molecular formula is C49H70ClFN2O7. The van der Waals surface area contributed by atoms with Crippen LogP contribution in [0.3, 0.4) is 0 Å². The number of rotatable bonds is 12. The van der Waals surface area contributed by atoms with Gasteiger partial charge < -0.3 is 25.6 Å². The Morgan fingerprint density at radius 1 is 0.900 bits per heavy atom. The van der Waals surface area contributed by atoms with Crippen molar-refractivity contribution in [1.82, 2.24) is 10.6 Å². The molecule has 60 heavy (non-hydrogen) atoms. The molecule has 11 heteroatoms. The van der Waals surface area contributed by atoms with E-state index >= 15 is 4.39 Å². The Labute approximate surface area is 361 Å². The van der Waals surface area contributed by atoms with Gasteiger partial charge >= 0.3 is 11.9 Å². The number of hydrogen-bond acceptors (Lipinski definition) is 7. The molecule has 11 atom stereocenters. The Kier molecular flexibility index (Phi) is 11.7. The van der Waals surface area contributed by atoms with Gasteiger partial charge in [-0.05, 0) is 146 Å². The summed E-state index contributed by atoms with van der Waals surface area (Å²) < 4.78 is 22.3. The molecule has 4 N–H and O–H groups in total. The summed E-state index contributed by atoms with van der Waals surface area (Å²) in [5, 5.41) is 25.7. The molecule has 9 nitrogen and oxygen atoms in total. The average molecular weight is 854 g/mol. The van der Waals surface area contributed by atoms with E-state index in [0.29, 0.717) is 42.7 Å². The number of nitrogens with one attached hydrogen (secondary N) is 2. The number of ether oxygens (including phenoxy) is 1. The number of Topliss-reactive ketones (excluding diaryl/α,β-unsaturated/α-hetero) is 1. The molecule has 0 aromatic heterocycles. The number of carbonyl (C=O) groups is 4. The van der Waals surface area contributed by atoms with E-state index in [1.807, 2.05) is 13.8 Å². The number of amides is 1. The Morgan fingerprint density at radius 2 is 1.58 bits per heavy atom. The summed E-state index contributed by atoms with van der Waals surface area (Å²) in [6, 6.07) is 6.15. The van der Waals surface area contributed by atoms with Crippen LogP contribution in [-0.4, -0.2) is 65.4 Å². The lowest BCUT2D eigenvalue weighted by molar-refractivity contribution is -0.236. The third-order valence-electron chi connectivity index (χ3n) is 18.5. The number of halogens is 2. The number of aliphatic hydroxyl groups is 1. The average Bonchev–Trinajstić information content (AvgIpc) is 3.46. The largest absolute Gasteiger partial charge is 0.481 e. The quantitative estimate of drug-likeness (QED) is 0.0927. The van der Waals surface area contributed by atoms with Crippen LogP contribution >= 0.6 is 11.6 Å². The van der Waals surface area contributed by atoms with Gasteiger partial charge in [0.05, 0.1) is 25.0 Å². The highest BCUT2D eigenvalue weighted by Gasteiger charge is 2.70. The maximum atomic E-state index is 15.9. The second kappa shape index (κ2) is 15.5. The number of hydrogen-bond donors (Lipinski definition) is 4. The number of aliphatic hydroxyl groups excluding tert-OH is 1. The van der Waals surface area contributed by atoms with E-state index in [-0.39, 0.29) is 68.9 Å². The number of alkyl halides is 1. The van der Waals surface area contributed by atoms with E-state index in [1.165, 1.54) is 17.7 Å². The van der Waals surface area contributed by atoms with Crippen LogP contribution in [0.2, 0.25) is 5.02 Å². The van der Waals surface area contributed by atoms with Crippen molar-refractivity contribution in [3.05, 3.63) is 46.0 Å². The minimum Gasteiger partial charge on any atom is -0.481 e. The van der Waals surface area contributed by atoms with E-state index in [4.69, 9.17) is 16.3 Å². The van der Waals surface area contributed by atoms with Crippen molar-refractivity contribution in [2.45, 2.75) is 145 Å². The van der Waals surface area contributed by atoms with Crippen LogP contribution in [-0.2, 0) is 19.1 Å². The smallest absolute Gasteiger partial charge is 0.309 e. The summed E-state index contributed by atoms with van der Waals surface area (Å²) in [4.78, 5) is 52.4. The fraction of sp³-hybridized carbons (Fsp3) is 0.755. The molecule has 0 saturated heterocycles. The highest BCUT2D eigenvalue weighted by atomic mass is 35.5. The zero-order valence-electron chi connectivity index (χ0n) is 37.4. The highest BCUT2D eigenvalue weighted by molar-refractivity contribution is 6.30. The van der Waals surface area contributed by atoms with Crippen molar-refractivity contribution >= 4 is 35.2 Å². The van der Waals surface area contributed by atoms with Gasteiger partial charge in [-0.2, -0.15) is 0 Å². The Bertz CT molecular complexity index is 1930. The van der Waals surface area contributed by atoms with Crippen molar-refractivity contribution in [3.8, 4) is 0 Å². The van der Waals surface area contributed by atoms with Gasteiger partial charge in [0.15, 0.2) is 5.78 Å². The number of carbonyl (C=O) groups excluding carboxylic acids is 3. The molecule has 1 aromatic rings. The van der Waals surface area contributed by atoms with E-state index in [9.17, 15) is 29.4 Å². The van der Waals surface area contributed by atoms with Crippen molar-refractivity contribution < 1.29 is 38.5 Å². The summed E-state index contributed by atoms with van der Waals surface area (Å²) in [6.07, 6.45) is 9.13. The van der Waals surface area contributed by atoms with Crippen LogP contribution in [0, 0.1) is 68.0 Å². The Morgan fingerprint density at radius 3 is 2.20 bits per heavy atom. The SMILES string of the molecule is CC(C)C1=C2[C@H]3CC[C@@H]4[C@@]5(C)CC[C@H](OC(=O)[C@H]6C[C@@H](C(=O)O)C6(C)C)C(C)(C)[C@@H]5CC[C@@]4(C)[C@]3(C)CC[C@@]2(CCNCC(F)(CO)NC(=O)c2ccc(Cl)cc2)CC1=O. The Balaban J connectivity index is 1.07. The van der Waals surface area contributed by atoms with E-state index in [2.05, 4.69) is 59.1 Å². The first-order valence-corrected chi connectivity index (χ1v) is 23.1. The predicted octanol–water partition coefficient (Wildman–Crippen LogP) is 9.35. The van der Waals surface area contributed by atoms with Gasteiger partial charge in [0.25, 0.3) is 5.91 Å². The van der Waals surface area contributed by atoms with Crippen molar-refractivity contribution in [2.24, 2.45) is 68.0 Å². The first-order valence-electron chi connectivity index (χ1n) is 22.7. The number of ketones is 1. The van der Waals surface area contributed by atoms with E-state index in [1.54, 1.807) is 12.1 Å². The third-order valence-corrected chi connectivity index (χ3v) is 18.8. The van der Waals surface area contributed by atoms with Gasteiger partial charge in [-0.25, -0.2) is 4.39 Å². The number of fused-ring (bicyclic) bond motifs is 7. The topological polar surface area (TPSA) is 142 Å². The predicted molar refractivity (Wildman–Crippen MR) is 230 cm³/mol. The minimum absolute atomic E-state index is 0.0260. The van der Waals surface area contributed by atoms with Gasteiger partial charge in [-0.15, -0.1) is 0 Å². The molecule has 0 radical (unpaired) electrons. The molecule has 1 aromatic carbocycles. The molecule has 0 spiro atoms. The van der Waals surface area contributed by atoms with Crippen LogP contribution < -0.4 is 10.6 Å². The molecular weight excluding hydrogens is 783 g/mol. The lowest BCUT2D eigenvalue weighted by atomic mass is 9.33. The molecule has 5 saturated carbocycles. The minimum atomic E-state index is -2.37. The molecule has 1 amide bonds. The third kappa shape index (κ3) is 6.99. The van der Waals surface area contributed by atoms with Gasteiger partial charge in [0.2, 0.25) is 5.79 Å². The summed E-state index contributed by atoms with van der Waals surface area (Å²) in [6.45, 7) is 19.5. The lowest BCUT2D eigenvalue weighted by Gasteiger charge is -2.72. The van der Waals surface area contributed by atoms with Crippen LogP contribution in [0.4, 0.5) is 4.39 Å². The van der Waals surface area contributed by atoms with Gasteiger partial charge in [0, 0.05) is 27.8 Å². The molecule has 5 fully saturated rings. The van der Waals surface area contributed by atoms with Crippen LogP contribution in [0.15, 0.2) is 35.4 Å². The zero-order valence-corrected chi connectivity index (χ0v) is 38.2. The highest BCUT2D eigenvalue weighted by Crippen LogP contribution is 2.77. The van der Waals surface area contributed by atoms with Crippen molar-refractivity contribution in [3.63, 3.8) is 0 Å². The van der Waals surface area contributed by atoms with E-state index < -0.39 is 41.5 Å². The first-order chi connectivity index (χ1) is 27.9. The molecule has 1 unspecified atom stereocenters. The standard InChI is InChI=1S/C49H70ClFN2O7/c1-28(2)38-34(55)25-48(22-23-52-26-49(51,27-54)53-40(56)29-10-12-30(50)13-11-29)21-20-46(8)31(39(38)48)14-15-36-45(7)18-17-37(44(5,6)35(45)16-19-47(36,46)9)60-42(59)33-24-32(41(57)58)43(33,3)4/h10-13,28,31-33,35-37,52,54H,14-27H2,1-9H3,(H,53,56)(H,57,58)/t31-,32+,33-,35+,36-,37+,45+,46-,47-,48-,49?/m1/s1. The number of carboxylic acids is 1. The number of aliphatic carboxylic acids is 1. The first kappa shape index (κ1) is 45.2. The monoisotopic (exact) mass is 852 g/mol.